The van der Waals surface area contributed by atoms with E-state index in [1.165, 1.54) is 17.3 Å². The van der Waals surface area contributed by atoms with Gasteiger partial charge in [0.25, 0.3) is 0 Å². The second-order valence-electron chi connectivity index (χ2n) is 3.31. The largest absolute Gasteiger partial charge is 0.395 e. The van der Waals surface area contributed by atoms with Gasteiger partial charge in [-0.1, -0.05) is 29.4 Å². The number of nitrogen functional groups attached to an aromatic ring is 1. The zero-order valence-electron chi connectivity index (χ0n) is 8.03. The van der Waals surface area contributed by atoms with Crippen LogP contribution < -0.4 is 5.73 Å². The molecule has 2 aromatic rings. The van der Waals surface area contributed by atoms with Gasteiger partial charge in [0.05, 0.1) is 11.9 Å². The van der Waals surface area contributed by atoms with E-state index in [0.29, 0.717) is 12.1 Å². The number of rotatable bonds is 2. The van der Waals surface area contributed by atoms with Crippen LogP contribution in [0, 0.1) is 6.92 Å². The number of hydrogen-bond acceptors (Lipinski definition) is 3. The molecule has 0 fully saturated rings. The van der Waals surface area contributed by atoms with Gasteiger partial charge in [-0.05, 0) is 18.1 Å². The van der Waals surface area contributed by atoms with Crippen molar-refractivity contribution >= 4 is 5.69 Å². The van der Waals surface area contributed by atoms with E-state index in [-0.39, 0.29) is 0 Å². The first kappa shape index (κ1) is 8.81. The SMILES string of the molecule is Cc1ccccc1Cc1oncc1N. The highest BCUT2D eigenvalue weighted by atomic mass is 16.5. The predicted octanol–water partition coefficient (Wildman–Crippen LogP) is 2.16. The van der Waals surface area contributed by atoms with Crippen LogP contribution in [0.1, 0.15) is 16.9 Å². The van der Waals surface area contributed by atoms with Crippen molar-refractivity contribution in [1.29, 1.82) is 0 Å². The van der Waals surface area contributed by atoms with Gasteiger partial charge in [-0.15, -0.1) is 0 Å². The Bertz CT molecular complexity index is 434. The van der Waals surface area contributed by atoms with Crippen molar-refractivity contribution in [3.63, 3.8) is 0 Å². The highest BCUT2D eigenvalue weighted by molar-refractivity contribution is 5.42. The van der Waals surface area contributed by atoms with E-state index in [4.69, 9.17) is 10.3 Å². The predicted molar refractivity (Wildman–Crippen MR) is 54.9 cm³/mol. The zero-order valence-corrected chi connectivity index (χ0v) is 8.03. The molecule has 0 atom stereocenters. The van der Waals surface area contributed by atoms with Crippen molar-refractivity contribution in [3.05, 3.63) is 47.3 Å². The smallest absolute Gasteiger partial charge is 0.163 e. The molecule has 0 bridgehead atoms. The van der Waals surface area contributed by atoms with E-state index in [1.807, 2.05) is 12.1 Å². The van der Waals surface area contributed by atoms with Crippen molar-refractivity contribution in [2.75, 3.05) is 5.73 Å². The second-order valence-corrected chi connectivity index (χ2v) is 3.31. The average molecular weight is 188 g/mol. The highest BCUT2D eigenvalue weighted by Gasteiger charge is 2.06. The van der Waals surface area contributed by atoms with Gasteiger partial charge in [0.1, 0.15) is 0 Å². The molecule has 0 saturated carbocycles. The fraction of sp³-hybridized carbons (Fsp3) is 0.182. The summed E-state index contributed by atoms with van der Waals surface area (Å²) in [4.78, 5) is 0. The summed E-state index contributed by atoms with van der Waals surface area (Å²) in [6.45, 7) is 2.07. The van der Waals surface area contributed by atoms with Crippen molar-refractivity contribution in [2.45, 2.75) is 13.3 Å². The molecule has 72 valence electrons. The van der Waals surface area contributed by atoms with Crippen LogP contribution in [0.5, 0.6) is 0 Å². The van der Waals surface area contributed by atoms with E-state index in [0.717, 1.165) is 5.76 Å². The van der Waals surface area contributed by atoms with Crippen molar-refractivity contribution in [1.82, 2.24) is 5.16 Å². The van der Waals surface area contributed by atoms with Gasteiger partial charge in [0, 0.05) is 6.42 Å². The summed E-state index contributed by atoms with van der Waals surface area (Å²) in [6, 6.07) is 8.16. The van der Waals surface area contributed by atoms with Gasteiger partial charge in [-0.3, -0.25) is 0 Å². The molecular formula is C11H12N2O. The maximum absolute atomic E-state index is 5.68. The first-order chi connectivity index (χ1) is 6.77. The first-order valence-electron chi connectivity index (χ1n) is 4.51. The van der Waals surface area contributed by atoms with Crippen molar-refractivity contribution in [3.8, 4) is 0 Å². The Kier molecular flexibility index (Phi) is 2.23. The molecule has 1 heterocycles. The Morgan fingerprint density at radius 2 is 2.14 bits per heavy atom. The van der Waals surface area contributed by atoms with E-state index in [2.05, 4.69) is 24.2 Å². The van der Waals surface area contributed by atoms with Gasteiger partial charge in [0.2, 0.25) is 0 Å². The molecule has 2 N–H and O–H groups in total. The van der Waals surface area contributed by atoms with Gasteiger partial charge >= 0.3 is 0 Å². The normalized spacial score (nSPS) is 10.4. The molecule has 0 radical (unpaired) electrons. The van der Waals surface area contributed by atoms with Crippen LogP contribution in [0.25, 0.3) is 0 Å². The molecule has 2 rings (SSSR count). The number of aryl methyl sites for hydroxylation is 1. The fourth-order valence-corrected chi connectivity index (χ4v) is 1.39. The maximum Gasteiger partial charge on any atom is 0.163 e. The number of hydrogen-bond donors (Lipinski definition) is 1. The van der Waals surface area contributed by atoms with Crippen molar-refractivity contribution in [2.24, 2.45) is 0 Å². The molecule has 1 aromatic carbocycles. The lowest BCUT2D eigenvalue weighted by molar-refractivity contribution is 0.390. The standard InChI is InChI=1S/C11H12N2O/c1-8-4-2-3-5-9(8)6-11-10(12)7-13-14-11/h2-5,7H,6,12H2,1H3. The van der Waals surface area contributed by atoms with Crippen LogP contribution in [0.15, 0.2) is 35.0 Å². The van der Waals surface area contributed by atoms with E-state index in [1.54, 1.807) is 0 Å². The van der Waals surface area contributed by atoms with Gasteiger partial charge in [-0.2, -0.15) is 0 Å². The zero-order chi connectivity index (χ0) is 9.97. The minimum Gasteiger partial charge on any atom is -0.395 e. The van der Waals surface area contributed by atoms with Gasteiger partial charge < -0.3 is 10.3 Å². The molecule has 0 aliphatic heterocycles. The van der Waals surface area contributed by atoms with Crippen LogP contribution in [0.3, 0.4) is 0 Å². The third kappa shape index (κ3) is 1.62. The molecule has 0 aliphatic carbocycles. The monoisotopic (exact) mass is 188 g/mol. The number of nitrogens with two attached hydrogens (primary N) is 1. The summed E-state index contributed by atoms with van der Waals surface area (Å²) < 4.78 is 5.05. The Labute approximate surface area is 82.5 Å². The topological polar surface area (TPSA) is 52.0 Å². The molecular weight excluding hydrogens is 176 g/mol. The number of anilines is 1. The fourth-order valence-electron chi connectivity index (χ4n) is 1.39. The summed E-state index contributed by atoms with van der Waals surface area (Å²) in [5.74, 6) is 0.735. The minimum atomic E-state index is 0.619. The summed E-state index contributed by atoms with van der Waals surface area (Å²) in [5.41, 5.74) is 8.76. The molecule has 1 aromatic heterocycles. The summed E-state index contributed by atoms with van der Waals surface area (Å²) >= 11 is 0. The molecule has 3 heteroatoms. The average Bonchev–Trinajstić information content (AvgIpc) is 2.56. The van der Waals surface area contributed by atoms with E-state index < -0.39 is 0 Å². The Hall–Kier alpha value is -1.77. The third-order valence-electron chi connectivity index (χ3n) is 2.29. The number of benzene rings is 1. The molecule has 14 heavy (non-hydrogen) atoms. The summed E-state index contributed by atoms with van der Waals surface area (Å²) in [6.07, 6.45) is 2.24. The quantitative estimate of drug-likeness (QED) is 0.785. The third-order valence-corrected chi connectivity index (χ3v) is 2.29. The van der Waals surface area contributed by atoms with Crippen LogP contribution in [-0.4, -0.2) is 5.16 Å². The first-order valence-corrected chi connectivity index (χ1v) is 4.51. The van der Waals surface area contributed by atoms with E-state index >= 15 is 0 Å². The van der Waals surface area contributed by atoms with Crippen molar-refractivity contribution < 1.29 is 4.52 Å². The second kappa shape index (κ2) is 3.54. The molecule has 0 amide bonds. The maximum atomic E-state index is 5.68. The van der Waals surface area contributed by atoms with Crippen LogP contribution in [0.2, 0.25) is 0 Å². The lowest BCUT2D eigenvalue weighted by atomic mass is 10.0. The molecule has 0 saturated heterocycles. The minimum absolute atomic E-state index is 0.619. The Morgan fingerprint density at radius 3 is 2.79 bits per heavy atom. The summed E-state index contributed by atoms with van der Waals surface area (Å²) in [5, 5.41) is 3.65. The Balaban J connectivity index is 2.28. The van der Waals surface area contributed by atoms with Crippen LogP contribution >= 0.6 is 0 Å². The summed E-state index contributed by atoms with van der Waals surface area (Å²) in [7, 11) is 0. The Morgan fingerprint density at radius 1 is 1.36 bits per heavy atom. The number of aromatic nitrogens is 1. The molecule has 0 aliphatic rings. The molecule has 0 spiro atoms. The molecule has 3 nitrogen and oxygen atoms in total. The van der Waals surface area contributed by atoms with Crippen LogP contribution in [0.4, 0.5) is 5.69 Å². The van der Waals surface area contributed by atoms with Gasteiger partial charge in [-0.25, -0.2) is 0 Å². The van der Waals surface area contributed by atoms with Crippen LogP contribution in [-0.2, 0) is 6.42 Å². The molecule has 0 unspecified atom stereocenters. The highest BCUT2D eigenvalue weighted by Crippen LogP contribution is 2.17. The van der Waals surface area contributed by atoms with Gasteiger partial charge in [0.15, 0.2) is 5.76 Å². The number of nitrogens with zero attached hydrogens (tertiary/aromatic N) is 1. The lowest BCUT2D eigenvalue weighted by Crippen LogP contribution is -1.93. The van der Waals surface area contributed by atoms with E-state index in [9.17, 15) is 0 Å². The lowest BCUT2D eigenvalue weighted by Gasteiger charge is -2.02.